The normalized spacial score (nSPS) is 14.1. The minimum atomic E-state index is -3.75. The molecule has 0 bridgehead atoms. The molecule has 0 aromatic heterocycles. The molecule has 212 valence electrons. The molecule has 1 aliphatic rings. The van der Waals surface area contributed by atoms with Gasteiger partial charge in [-0.25, -0.2) is 12.8 Å². The van der Waals surface area contributed by atoms with Gasteiger partial charge in [-0.1, -0.05) is 72.8 Å². The van der Waals surface area contributed by atoms with Gasteiger partial charge < -0.3 is 10.2 Å². The van der Waals surface area contributed by atoms with E-state index in [1.54, 1.807) is 43.3 Å². The largest absolute Gasteiger partial charge is 0.355 e. The van der Waals surface area contributed by atoms with Crippen LogP contribution in [0.3, 0.4) is 0 Å². The second-order valence-electron chi connectivity index (χ2n) is 10.0. The summed E-state index contributed by atoms with van der Waals surface area (Å²) in [6, 6.07) is 25.3. The smallest absolute Gasteiger partial charge is 0.265 e. The van der Waals surface area contributed by atoms with Gasteiger partial charge in [-0.05, 0) is 42.5 Å². The lowest BCUT2D eigenvalue weighted by Crippen LogP contribution is -2.50. The molecule has 7 nitrogen and oxygen atoms in total. The monoisotopic (exact) mass is 573 g/mol. The quantitative estimate of drug-likeness (QED) is 0.272. The molecule has 1 N–H and O–H groups in total. The summed E-state index contributed by atoms with van der Waals surface area (Å²) in [5.74, 6) is -1.15. The van der Waals surface area contributed by atoms with E-state index in [1.165, 1.54) is 15.3 Å². The molecule has 9 heteroatoms. The van der Waals surface area contributed by atoms with E-state index in [2.05, 4.69) is 5.32 Å². The molecule has 1 unspecified atom stereocenters. The van der Waals surface area contributed by atoms with Crippen LogP contribution in [0.15, 0.2) is 95.9 Å². The fourth-order valence-electron chi connectivity index (χ4n) is 5.37. The van der Waals surface area contributed by atoms with Crippen molar-refractivity contribution >= 4 is 38.3 Å². The van der Waals surface area contributed by atoms with Gasteiger partial charge >= 0.3 is 0 Å². The number of hydrogen-bond acceptors (Lipinski definition) is 4. The summed E-state index contributed by atoms with van der Waals surface area (Å²) in [5, 5.41) is 4.34. The van der Waals surface area contributed by atoms with Gasteiger partial charge in [-0.15, -0.1) is 0 Å². The molecular formula is C32H32FN3O4S. The number of carbonyl (C=O) groups is 2. The summed E-state index contributed by atoms with van der Waals surface area (Å²) in [4.78, 5) is 28.8. The Morgan fingerprint density at radius 2 is 1.63 bits per heavy atom. The highest BCUT2D eigenvalue weighted by molar-refractivity contribution is 7.93. The number of sulfonamides is 1. The SMILES string of the molecule is CCNC(=O)C(Cc1ccccc1)N(Cc1ccccc1F)C(=O)CCCN1c2cccc3cccc(c23)S1(=O)=O. The molecule has 1 atom stereocenters. The Labute approximate surface area is 239 Å². The molecule has 0 aliphatic carbocycles. The van der Waals surface area contributed by atoms with Crippen molar-refractivity contribution in [3.63, 3.8) is 0 Å². The minimum absolute atomic E-state index is 0.0164. The molecule has 0 radical (unpaired) electrons. The summed E-state index contributed by atoms with van der Waals surface area (Å²) < 4.78 is 42.8. The number of rotatable bonds is 11. The van der Waals surface area contributed by atoms with Crippen molar-refractivity contribution in [2.45, 2.75) is 43.7 Å². The van der Waals surface area contributed by atoms with Crippen LogP contribution in [0.2, 0.25) is 0 Å². The van der Waals surface area contributed by atoms with Crippen LogP contribution >= 0.6 is 0 Å². The average molecular weight is 574 g/mol. The number of nitrogens with zero attached hydrogens (tertiary/aromatic N) is 2. The third-order valence-electron chi connectivity index (χ3n) is 7.35. The number of likely N-dealkylation sites (N-methyl/N-ethyl adjacent to an activating group) is 1. The second-order valence-corrected chi connectivity index (χ2v) is 11.9. The summed E-state index contributed by atoms with van der Waals surface area (Å²) in [6.45, 7) is 2.19. The van der Waals surface area contributed by atoms with Gasteiger partial charge in [0.2, 0.25) is 11.8 Å². The predicted octanol–water partition coefficient (Wildman–Crippen LogP) is 5.04. The van der Waals surface area contributed by atoms with Gasteiger partial charge in [0.25, 0.3) is 10.0 Å². The van der Waals surface area contributed by atoms with Crippen molar-refractivity contribution in [1.29, 1.82) is 0 Å². The molecular weight excluding hydrogens is 541 g/mol. The van der Waals surface area contributed by atoms with Gasteiger partial charge in [0.05, 0.1) is 10.6 Å². The van der Waals surface area contributed by atoms with Crippen molar-refractivity contribution < 1.29 is 22.4 Å². The van der Waals surface area contributed by atoms with Crippen LogP contribution in [0.25, 0.3) is 10.8 Å². The van der Waals surface area contributed by atoms with Crippen molar-refractivity contribution in [2.75, 3.05) is 17.4 Å². The first-order valence-corrected chi connectivity index (χ1v) is 15.1. The number of hydrogen-bond donors (Lipinski definition) is 1. The van der Waals surface area contributed by atoms with Crippen LogP contribution in [-0.4, -0.2) is 44.3 Å². The van der Waals surface area contributed by atoms with Crippen LogP contribution in [0, 0.1) is 5.82 Å². The van der Waals surface area contributed by atoms with Crippen LogP contribution < -0.4 is 9.62 Å². The first kappa shape index (κ1) is 28.3. The zero-order chi connectivity index (χ0) is 29.0. The highest BCUT2D eigenvalue weighted by Crippen LogP contribution is 2.42. The van der Waals surface area contributed by atoms with Crippen molar-refractivity contribution in [1.82, 2.24) is 10.2 Å². The summed E-state index contributed by atoms with van der Waals surface area (Å²) in [7, 11) is -3.75. The van der Waals surface area contributed by atoms with Crippen LogP contribution in [0.5, 0.6) is 0 Å². The zero-order valence-corrected chi connectivity index (χ0v) is 23.6. The van der Waals surface area contributed by atoms with Gasteiger partial charge in [-0.3, -0.25) is 13.9 Å². The molecule has 4 aromatic rings. The van der Waals surface area contributed by atoms with E-state index in [0.29, 0.717) is 23.2 Å². The molecule has 4 aromatic carbocycles. The Morgan fingerprint density at radius 1 is 0.927 bits per heavy atom. The van der Waals surface area contributed by atoms with Crippen LogP contribution in [0.1, 0.15) is 30.9 Å². The number of benzene rings is 4. The molecule has 0 saturated carbocycles. The van der Waals surface area contributed by atoms with Crippen LogP contribution in [0.4, 0.5) is 10.1 Å². The highest BCUT2D eigenvalue weighted by atomic mass is 32.2. The molecule has 0 saturated heterocycles. The third-order valence-corrected chi connectivity index (χ3v) is 9.21. The Morgan fingerprint density at radius 3 is 2.37 bits per heavy atom. The van der Waals surface area contributed by atoms with Gasteiger partial charge in [0.1, 0.15) is 11.9 Å². The lowest BCUT2D eigenvalue weighted by atomic mass is 10.0. The third kappa shape index (κ3) is 5.81. The van der Waals surface area contributed by atoms with E-state index in [1.807, 2.05) is 48.5 Å². The fourth-order valence-corrected chi connectivity index (χ4v) is 7.12. The van der Waals surface area contributed by atoms with Crippen molar-refractivity contribution in [3.8, 4) is 0 Å². The standard InChI is InChI=1S/C32H32FN3O4S/c1-2-34-32(38)28(21-23-11-4-3-5-12-23)35(22-25-13-6-7-16-26(25)33)30(37)19-10-20-36-27-17-8-14-24-15-9-18-29(31(24)27)41(36,39)40/h3-9,11-18,28H,2,10,19-22H2,1H3,(H,34,38). The number of amides is 2. The topological polar surface area (TPSA) is 86.8 Å². The Balaban J connectivity index is 1.39. The summed E-state index contributed by atoms with van der Waals surface area (Å²) in [5.41, 5.74) is 1.76. The zero-order valence-electron chi connectivity index (χ0n) is 22.8. The molecule has 1 aliphatic heterocycles. The van der Waals surface area contributed by atoms with E-state index in [-0.39, 0.29) is 49.1 Å². The summed E-state index contributed by atoms with van der Waals surface area (Å²) in [6.07, 6.45) is 0.464. The van der Waals surface area contributed by atoms with E-state index in [4.69, 9.17) is 0 Å². The first-order chi connectivity index (χ1) is 19.8. The van der Waals surface area contributed by atoms with E-state index < -0.39 is 21.9 Å². The van der Waals surface area contributed by atoms with E-state index in [0.717, 1.165) is 10.9 Å². The maximum Gasteiger partial charge on any atom is 0.265 e. The molecule has 2 amide bonds. The summed E-state index contributed by atoms with van der Waals surface area (Å²) >= 11 is 0. The van der Waals surface area contributed by atoms with Crippen molar-refractivity contribution in [2.24, 2.45) is 0 Å². The van der Waals surface area contributed by atoms with Crippen molar-refractivity contribution in [3.05, 3.63) is 108 Å². The lowest BCUT2D eigenvalue weighted by molar-refractivity contribution is -0.141. The molecule has 1 heterocycles. The van der Waals surface area contributed by atoms with Gasteiger partial charge in [0.15, 0.2) is 0 Å². The maximum atomic E-state index is 14.7. The van der Waals surface area contributed by atoms with Gasteiger partial charge in [-0.2, -0.15) is 0 Å². The molecule has 41 heavy (non-hydrogen) atoms. The molecule has 5 rings (SSSR count). The number of nitrogens with one attached hydrogen (secondary N) is 1. The number of anilines is 1. The van der Waals surface area contributed by atoms with Crippen LogP contribution in [-0.2, 0) is 32.6 Å². The predicted molar refractivity (Wildman–Crippen MR) is 157 cm³/mol. The fraction of sp³-hybridized carbons (Fsp3) is 0.250. The Hall–Kier alpha value is -4.24. The number of carbonyl (C=O) groups excluding carboxylic acids is 2. The number of halogens is 1. The maximum absolute atomic E-state index is 14.7. The highest BCUT2D eigenvalue weighted by Gasteiger charge is 2.36. The average Bonchev–Trinajstić information content (AvgIpc) is 3.19. The minimum Gasteiger partial charge on any atom is -0.355 e. The molecule has 0 spiro atoms. The lowest BCUT2D eigenvalue weighted by Gasteiger charge is -2.32. The molecule has 0 fully saturated rings. The van der Waals surface area contributed by atoms with E-state index in [9.17, 15) is 22.4 Å². The van der Waals surface area contributed by atoms with Gasteiger partial charge in [0, 0.05) is 43.4 Å². The Bertz CT molecular complexity index is 1670. The Kier molecular flexibility index (Phi) is 8.35. The first-order valence-electron chi connectivity index (χ1n) is 13.7. The van der Waals surface area contributed by atoms with E-state index >= 15 is 0 Å². The second kappa shape index (κ2) is 12.1.